The van der Waals surface area contributed by atoms with E-state index in [0.29, 0.717) is 17.6 Å². The summed E-state index contributed by atoms with van der Waals surface area (Å²) < 4.78 is 0. The van der Waals surface area contributed by atoms with E-state index in [4.69, 9.17) is 18.0 Å². The number of amides is 2. The lowest BCUT2D eigenvalue weighted by Gasteiger charge is -2.11. The molecule has 0 heterocycles. The molecule has 4 nitrogen and oxygen atoms in total. The Morgan fingerprint density at radius 2 is 2.31 bits per heavy atom. The Hall–Kier alpha value is -0.840. The molecular weight excluding hydrogens is 186 g/mol. The second-order valence-corrected chi connectivity index (χ2v) is 3.90. The maximum atomic E-state index is 11.1. The minimum atomic E-state index is -0.120. The summed E-state index contributed by atoms with van der Waals surface area (Å²) in [6, 6.07) is 0.269. The highest BCUT2D eigenvalue weighted by Gasteiger charge is 2.23. The van der Waals surface area contributed by atoms with Gasteiger partial charge in [-0.05, 0) is 12.8 Å². The molecule has 0 radical (unpaired) electrons. The lowest BCUT2D eigenvalue weighted by Crippen LogP contribution is -2.40. The van der Waals surface area contributed by atoms with E-state index in [1.807, 2.05) is 6.92 Å². The van der Waals surface area contributed by atoms with Crippen LogP contribution in [0, 0.1) is 5.92 Å². The lowest BCUT2D eigenvalue weighted by molar-refractivity contribution is 0.240. The molecule has 1 aliphatic carbocycles. The molecule has 1 unspecified atom stereocenters. The second kappa shape index (κ2) is 4.41. The summed E-state index contributed by atoms with van der Waals surface area (Å²) in [4.78, 5) is 11.6. The van der Waals surface area contributed by atoms with Crippen LogP contribution < -0.4 is 16.4 Å². The highest BCUT2D eigenvalue weighted by Crippen LogP contribution is 2.18. The molecule has 0 spiro atoms. The SMILES string of the molecule is CC(CNC(=O)NC1CC1)C(N)=S. The van der Waals surface area contributed by atoms with Crippen molar-refractivity contribution in [2.24, 2.45) is 11.7 Å². The average Bonchev–Trinajstić information content (AvgIpc) is 2.83. The fourth-order valence-corrected chi connectivity index (χ4v) is 0.894. The summed E-state index contributed by atoms with van der Waals surface area (Å²) in [6.45, 7) is 2.40. The standard InChI is InChI=1S/C8H15N3OS/c1-5(7(9)13)4-10-8(12)11-6-2-3-6/h5-6H,2-4H2,1H3,(H2,9,13)(H2,10,11,12). The van der Waals surface area contributed by atoms with Crippen molar-refractivity contribution in [2.75, 3.05) is 6.54 Å². The van der Waals surface area contributed by atoms with Gasteiger partial charge in [0, 0.05) is 18.5 Å². The van der Waals surface area contributed by atoms with Gasteiger partial charge in [0.05, 0.1) is 4.99 Å². The molecular formula is C8H15N3OS. The quantitative estimate of drug-likeness (QED) is 0.576. The maximum absolute atomic E-state index is 11.1. The number of hydrogen-bond acceptors (Lipinski definition) is 2. The van der Waals surface area contributed by atoms with Crippen molar-refractivity contribution in [2.45, 2.75) is 25.8 Å². The van der Waals surface area contributed by atoms with E-state index in [-0.39, 0.29) is 11.9 Å². The molecule has 1 fully saturated rings. The van der Waals surface area contributed by atoms with Crippen LogP contribution in [0.25, 0.3) is 0 Å². The van der Waals surface area contributed by atoms with Crippen molar-refractivity contribution < 1.29 is 4.79 Å². The molecule has 0 aromatic rings. The van der Waals surface area contributed by atoms with Crippen LogP contribution >= 0.6 is 12.2 Å². The van der Waals surface area contributed by atoms with Crippen LogP contribution in [0.5, 0.6) is 0 Å². The highest BCUT2D eigenvalue weighted by molar-refractivity contribution is 7.80. The van der Waals surface area contributed by atoms with Crippen LogP contribution in [0.4, 0.5) is 4.79 Å². The third-order valence-corrected chi connectivity index (χ3v) is 2.37. The Labute approximate surface area is 83.2 Å². The van der Waals surface area contributed by atoms with E-state index in [1.165, 1.54) is 0 Å². The van der Waals surface area contributed by atoms with Crippen molar-refractivity contribution in [1.82, 2.24) is 10.6 Å². The molecule has 0 saturated heterocycles. The Kier molecular flexibility index (Phi) is 3.48. The van der Waals surface area contributed by atoms with Crippen LogP contribution in [0.1, 0.15) is 19.8 Å². The van der Waals surface area contributed by atoms with Gasteiger partial charge < -0.3 is 16.4 Å². The lowest BCUT2D eigenvalue weighted by atomic mass is 10.2. The summed E-state index contributed by atoms with van der Waals surface area (Å²) in [6.07, 6.45) is 2.19. The minimum Gasteiger partial charge on any atom is -0.393 e. The fraction of sp³-hybridized carbons (Fsp3) is 0.750. The number of nitrogens with two attached hydrogens (primary N) is 1. The van der Waals surface area contributed by atoms with Crippen molar-refractivity contribution in [3.8, 4) is 0 Å². The molecule has 1 atom stereocenters. The van der Waals surface area contributed by atoms with Crippen molar-refractivity contribution in [3.63, 3.8) is 0 Å². The first-order chi connectivity index (χ1) is 6.09. The van der Waals surface area contributed by atoms with Crippen LogP contribution in [-0.4, -0.2) is 23.6 Å². The number of carbonyl (C=O) groups is 1. The normalized spacial score (nSPS) is 17.6. The predicted octanol–water partition coefficient (Wildman–Crippen LogP) is 0.370. The van der Waals surface area contributed by atoms with Crippen molar-refractivity contribution >= 4 is 23.2 Å². The zero-order valence-corrected chi connectivity index (χ0v) is 8.49. The monoisotopic (exact) mass is 201 g/mol. The first-order valence-electron chi connectivity index (χ1n) is 4.43. The first kappa shape index (κ1) is 10.2. The summed E-state index contributed by atoms with van der Waals surface area (Å²) in [5.41, 5.74) is 5.40. The van der Waals surface area contributed by atoms with Gasteiger partial charge in [-0.25, -0.2) is 4.79 Å². The van der Waals surface area contributed by atoms with Gasteiger partial charge in [-0.3, -0.25) is 0 Å². The number of rotatable bonds is 4. The largest absolute Gasteiger partial charge is 0.393 e. The summed E-state index contributed by atoms with van der Waals surface area (Å²) in [5.74, 6) is 0.0555. The number of thiocarbonyl (C=S) groups is 1. The maximum Gasteiger partial charge on any atom is 0.315 e. The van der Waals surface area contributed by atoms with Gasteiger partial charge in [0.15, 0.2) is 0 Å². The van der Waals surface area contributed by atoms with E-state index < -0.39 is 0 Å². The topological polar surface area (TPSA) is 67.2 Å². The van der Waals surface area contributed by atoms with Gasteiger partial charge in [0.2, 0.25) is 0 Å². The molecule has 0 aromatic carbocycles. The van der Waals surface area contributed by atoms with Crippen LogP contribution in [0.3, 0.4) is 0 Å². The van der Waals surface area contributed by atoms with Gasteiger partial charge in [-0.15, -0.1) is 0 Å². The van der Waals surface area contributed by atoms with E-state index in [2.05, 4.69) is 10.6 Å². The molecule has 5 heteroatoms. The molecule has 1 rings (SSSR count). The third kappa shape index (κ3) is 4.07. The highest BCUT2D eigenvalue weighted by atomic mass is 32.1. The molecule has 1 saturated carbocycles. The van der Waals surface area contributed by atoms with E-state index >= 15 is 0 Å². The predicted molar refractivity (Wildman–Crippen MR) is 55.5 cm³/mol. The van der Waals surface area contributed by atoms with E-state index in [9.17, 15) is 4.79 Å². The Morgan fingerprint density at radius 3 is 2.77 bits per heavy atom. The molecule has 13 heavy (non-hydrogen) atoms. The van der Waals surface area contributed by atoms with Gasteiger partial charge in [0.1, 0.15) is 0 Å². The number of hydrogen-bond donors (Lipinski definition) is 3. The zero-order valence-electron chi connectivity index (χ0n) is 7.67. The van der Waals surface area contributed by atoms with Gasteiger partial charge in [-0.2, -0.15) is 0 Å². The van der Waals surface area contributed by atoms with Gasteiger partial charge >= 0.3 is 6.03 Å². The van der Waals surface area contributed by atoms with Crippen LogP contribution in [0.2, 0.25) is 0 Å². The molecule has 0 aliphatic heterocycles. The van der Waals surface area contributed by atoms with Gasteiger partial charge in [0.25, 0.3) is 0 Å². The van der Waals surface area contributed by atoms with Crippen molar-refractivity contribution in [3.05, 3.63) is 0 Å². The molecule has 2 amide bonds. The fourth-order valence-electron chi connectivity index (χ4n) is 0.810. The average molecular weight is 201 g/mol. The Balaban J connectivity index is 2.09. The zero-order chi connectivity index (χ0) is 9.84. The Morgan fingerprint density at radius 1 is 1.69 bits per heavy atom. The number of carbonyl (C=O) groups excluding carboxylic acids is 1. The number of nitrogens with one attached hydrogen (secondary N) is 2. The smallest absolute Gasteiger partial charge is 0.315 e. The molecule has 1 aliphatic rings. The van der Waals surface area contributed by atoms with Crippen LogP contribution in [0.15, 0.2) is 0 Å². The second-order valence-electron chi connectivity index (χ2n) is 3.43. The molecule has 0 bridgehead atoms. The first-order valence-corrected chi connectivity index (χ1v) is 4.84. The summed E-state index contributed by atoms with van der Waals surface area (Å²) in [5, 5.41) is 5.53. The van der Waals surface area contributed by atoms with Crippen molar-refractivity contribution in [1.29, 1.82) is 0 Å². The minimum absolute atomic E-state index is 0.0555. The molecule has 0 aromatic heterocycles. The Bertz CT molecular complexity index is 215. The van der Waals surface area contributed by atoms with Crippen LogP contribution in [-0.2, 0) is 0 Å². The van der Waals surface area contributed by atoms with E-state index in [0.717, 1.165) is 12.8 Å². The summed E-state index contributed by atoms with van der Waals surface area (Å²) >= 11 is 4.78. The van der Waals surface area contributed by atoms with Gasteiger partial charge in [-0.1, -0.05) is 19.1 Å². The number of urea groups is 1. The molecule has 4 N–H and O–H groups in total. The van der Waals surface area contributed by atoms with E-state index in [1.54, 1.807) is 0 Å². The third-order valence-electron chi connectivity index (χ3n) is 1.97. The molecule has 74 valence electrons. The summed E-state index contributed by atoms with van der Waals surface area (Å²) in [7, 11) is 0.